The topological polar surface area (TPSA) is 42.4 Å². The summed E-state index contributed by atoms with van der Waals surface area (Å²) in [5, 5.41) is 0. The fraction of sp³-hybridized carbons (Fsp3) is 0.304. The summed E-state index contributed by atoms with van der Waals surface area (Å²) in [4.78, 5) is 19.9. The lowest BCUT2D eigenvalue weighted by Gasteiger charge is -2.35. The minimum Gasteiger partial charge on any atom is -0.444 e. The number of halogens is 1. The van der Waals surface area contributed by atoms with Crippen LogP contribution >= 0.6 is 22.9 Å². The molecule has 1 aliphatic rings. The first-order valence-corrected chi connectivity index (χ1v) is 10.8. The monoisotopic (exact) mass is 426 g/mol. The van der Waals surface area contributed by atoms with Crippen LogP contribution in [0.25, 0.3) is 11.1 Å². The third kappa shape index (κ3) is 4.31. The number of fused-ring (bicyclic) bond motifs is 1. The van der Waals surface area contributed by atoms with Crippen LogP contribution < -0.4 is 0 Å². The quantitative estimate of drug-likeness (QED) is 0.479. The minimum absolute atomic E-state index is 0.0272. The average molecular weight is 427 g/mol. The van der Waals surface area contributed by atoms with Crippen molar-refractivity contribution in [2.24, 2.45) is 0 Å². The predicted molar refractivity (Wildman–Crippen MR) is 117 cm³/mol. The maximum Gasteiger partial charge on any atom is 0.410 e. The first-order chi connectivity index (χ1) is 13.8. The summed E-state index contributed by atoms with van der Waals surface area (Å²) >= 11 is 7.91. The molecule has 0 spiro atoms. The van der Waals surface area contributed by atoms with E-state index in [1.165, 1.54) is 22.5 Å². The number of thiophene rings is 1. The van der Waals surface area contributed by atoms with E-state index in [2.05, 4.69) is 17.1 Å². The second-order valence-corrected chi connectivity index (χ2v) is 9.93. The summed E-state index contributed by atoms with van der Waals surface area (Å²) in [5.74, 6) is 0.0272. The van der Waals surface area contributed by atoms with Gasteiger partial charge in [0.1, 0.15) is 5.60 Å². The van der Waals surface area contributed by atoms with E-state index in [-0.39, 0.29) is 12.0 Å². The molecule has 2 aromatic heterocycles. The van der Waals surface area contributed by atoms with Gasteiger partial charge in [-0.1, -0.05) is 35.9 Å². The molecular weight excluding hydrogens is 404 g/mol. The van der Waals surface area contributed by atoms with Crippen molar-refractivity contribution in [1.29, 1.82) is 0 Å². The summed E-state index contributed by atoms with van der Waals surface area (Å²) in [7, 11) is 0. The molecule has 1 unspecified atom stereocenters. The zero-order valence-corrected chi connectivity index (χ0v) is 18.3. The lowest BCUT2D eigenvalue weighted by molar-refractivity contribution is 0.0216. The Hall–Kier alpha value is -2.37. The lowest BCUT2D eigenvalue weighted by atomic mass is 9.84. The number of pyridine rings is 1. The minimum atomic E-state index is -0.533. The Morgan fingerprint density at radius 3 is 2.62 bits per heavy atom. The van der Waals surface area contributed by atoms with Gasteiger partial charge in [0, 0.05) is 29.7 Å². The summed E-state index contributed by atoms with van der Waals surface area (Å²) in [5.41, 5.74) is 4.07. The van der Waals surface area contributed by atoms with Gasteiger partial charge in [-0.2, -0.15) is 0 Å². The van der Waals surface area contributed by atoms with Crippen LogP contribution in [0.15, 0.2) is 54.9 Å². The van der Waals surface area contributed by atoms with E-state index in [0.29, 0.717) is 13.1 Å². The molecule has 0 aliphatic carbocycles. The molecule has 0 fully saturated rings. The van der Waals surface area contributed by atoms with Gasteiger partial charge >= 0.3 is 6.09 Å². The number of benzene rings is 1. The number of aromatic nitrogens is 1. The second-order valence-electron chi connectivity index (χ2n) is 8.17. The Morgan fingerprint density at radius 1 is 1.17 bits per heavy atom. The molecule has 4 rings (SSSR count). The maximum absolute atomic E-state index is 12.8. The van der Waals surface area contributed by atoms with Gasteiger partial charge in [0.05, 0.1) is 10.9 Å². The standard InChI is InChI=1S/C23H23ClN2O2S/c1-23(2,3)28-22(27)26-13-19(18-12-21(24)29-20(18)14-26)17-7-5-4-6-16(17)15-8-10-25-11-9-15/h4-12,19H,13-14H2,1-3H3. The zero-order chi connectivity index (χ0) is 20.6. The number of rotatable bonds is 2. The summed E-state index contributed by atoms with van der Waals surface area (Å²) in [6, 6.07) is 14.4. The van der Waals surface area contributed by atoms with Gasteiger partial charge in [0.15, 0.2) is 0 Å². The SMILES string of the molecule is CC(C)(C)OC(=O)N1Cc2sc(Cl)cc2C(c2ccccc2-c2ccncc2)C1. The van der Waals surface area contributed by atoms with Crippen LogP contribution in [-0.2, 0) is 11.3 Å². The summed E-state index contributed by atoms with van der Waals surface area (Å²) in [6.45, 7) is 6.74. The van der Waals surface area contributed by atoms with Crippen LogP contribution in [0.3, 0.4) is 0 Å². The smallest absolute Gasteiger partial charge is 0.410 e. The van der Waals surface area contributed by atoms with E-state index >= 15 is 0 Å². The van der Waals surface area contributed by atoms with E-state index in [0.717, 1.165) is 20.3 Å². The highest BCUT2D eigenvalue weighted by Crippen LogP contribution is 2.43. The highest BCUT2D eigenvalue weighted by molar-refractivity contribution is 7.16. The van der Waals surface area contributed by atoms with Crippen molar-refractivity contribution in [3.8, 4) is 11.1 Å². The molecule has 1 atom stereocenters. The van der Waals surface area contributed by atoms with Gasteiger partial charge in [0.2, 0.25) is 0 Å². The molecule has 0 bridgehead atoms. The molecule has 0 radical (unpaired) electrons. The Morgan fingerprint density at radius 2 is 1.90 bits per heavy atom. The van der Waals surface area contributed by atoms with Crippen molar-refractivity contribution in [3.05, 3.63) is 75.2 Å². The zero-order valence-electron chi connectivity index (χ0n) is 16.7. The van der Waals surface area contributed by atoms with Gasteiger partial charge in [0.25, 0.3) is 0 Å². The van der Waals surface area contributed by atoms with Crippen LogP contribution in [0.1, 0.15) is 42.7 Å². The molecular formula is C23H23ClN2O2S. The third-order valence-electron chi connectivity index (χ3n) is 4.90. The number of amides is 1. The van der Waals surface area contributed by atoms with Crippen molar-refractivity contribution in [1.82, 2.24) is 9.88 Å². The van der Waals surface area contributed by atoms with Crippen molar-refractivity contribution in [2.45, 2.75) is 38.8 Å². The van der Waals surface area contributed by atoms with Crippen LogP contribution in [-0.4, -0.2) is 28.1 Å². The predicted octanol–water partition coefficient (Wildman–Crippen LogP) is 6.35. The number of carbonyl (C=O) groups is 1. The van der Waals surface area contributed by atoms with Crippen molar-refractivity contribution >= 4 is 29.0 Å². The van der Waals surface area contributed by atoms with Gasteiger partial charge < -0.3 is 9.64 Å². The van der Waals surface area contributed by atoms with Gasteiger partial charge in [-0.25, -0.2) is 4.79 Å². The van der Waals surface area contributed by atoms with Crippen LogP contribution in [0, 0.1) is 0 Å². The molecule has 4 nitrogen and oxygen atoms in total. The van der Waals surface area contributed by atoms with Crippen molar-refractivity contribution < 1.29 is 9.53 Å². The summed E-state index contributed by atoms with van der Waals surface area (Å²) in [6.07, 6.45) is 3.30. The van der Waals surface area contributed by atoms with Crippen LogP contribution in [0.2, 0.25) is 4.34 Å². The van der Waals surface area contributed by atoms with Gasteiger partial charge in [-0.3, -0.25) is 4.98 Å². The highest BCUT2D eigenvalue weighted by atomic mass is 35.5. The Bertz CT molecular complexity index is 1030. The number of hydrogen-bond acceptors (Lipinski definition) is 4. The molecule has 29 heavy (non-hydrogen) atoms. The number of carbonyl (C=O) groups excluding carboxylic acids is 1. The first kappa shape index (κ1) is 19.9. The average Bonchev–Trinajstić information content (AvgIpc) is 3.06. The van der Waals surface area contributed by atoms with Crippen molar-refractivity contribution in [2.75, 3.05) is 6.54 Å². The Kier molecular flexibility index (Phi) is 5.36. The second kappa shape index (κ2) is 7.81. The Balaban J connectivity index is 1.76. The number of hydrogen-bond donors (Lipinski definition) is 0. The van der Waals surface area contributed by atoms with E-state index < -0.39 is 5.60 Å². The summed E-state index contributed by atoms with van der Waals surface area (Å²) < 4.78 is 6.39. The van der Waals surface area contributed by atoms with Crippen LogP contribution in [0.4, 0.5) is 4.79 Å². The Labute approximate surface area is 180 Å². The van der Waals surface area contributed by atoms with Crippen LogP contribution in [0.5, 0.6) is 0 Å². The number of nitrogens with zero attached hydrogens (tertiary/aromatic N) is 2. The fourth-order valence-electron chi connectivity index (χ4n) is 3.71. The molecule has 1 aliphatic heterocycles. The molecule has 3 heterocycles. The van der Waals surface area contributed by atoms with Gasteiger partial charge in [-0.15, -0.1) is 11.3 Å². The first-order valence-electron chi connectivity index (χ1n) is 9.57. The number of ether oxygens (including phenoxy) is 1. The molecule has 0 saturated carbocycles. The normalized spacial score (nSPS) is 16.4. The molecule has 1 aromatic carbocycles. The molecule has 1 amide bonds. The van der Waals surface area contributed by atoms with E-state index in [9.17, 15) is 4.79 Å². The third-order valence-corrected chi connectivity index (χ3v) is 6.17. The van der Waals surface area contributed by atoms with Gasteiger partial charge in [-0.05, 0) is 61.2 Å². The lowest BCUT2D eigenvalue weighted by Crippen LogP contribution is -2.41. The maximum atomic E-state index is 12.8. The van der Waals surface area contributed by atoms with E-state index in [1.807, 2.05) is 51.1 Å². The van der Waals surface area contributed by atoms with E-state index in [1.54, 1.807) is 17.3 Å². The molecule has 6 heteroatoms. The fourth-order valence-corrected chi connectivity index (χ4v) is 5.07. The van der Waals surface area contributed by atoms with Crippen molar-refractivity contribution in [3.63, 3.8) is 0 Å². The highest BCUT2D eigenvalue weighted by Gasteiger charge is 2.34. The van der Waals surface area contributed by atoms with E-state index in [4.69, 9.17) is 16.3 Å². The largest absolute Gasteiger partial charge is 0.444 e. The molecule has 3 aromatic rings. The molecule has 0 saturated heterocycles. The molecule has 150 valence electrons. The molecule has 0 N–H and O–H groups in total.